The van der Waals surface area contributed by atoms with Crippen LogP contribution in [0.2, 0.25) is 5.02 Å². The maximum atomic E-state index is 12.9. The third-order valence-corrected chi connectivity index (χ3v) is 3.60. The third kappa shape index (κ3) is 5.10. The molecule has 26 heavy (non-hydrogen) atoms. The van der Waals surface area contributed by atoms with E-state index >= 15 is 0 Å². The van der Waals surface area contributed by atoms with Crippen molar-refractivity contribution < 1.29 is 32.9 Å². The standard InChI is InChI=1S/C18H16ClFO6/c1-23-16-5-3-11(7-17(16)24-2)14(21)9-26-18(22)10-25-15-6-4-12(20)8-13(15)19/h3-8H,9-10H2,1-2H3. The average Bonchev–Trinajstić information content (AvgIpc) is 2.64. The lowest BCUT2D eigenvalue weighted by Crippen LogP contribution is -2.19. The molecule has 2 aromatic rings. The summed E-state index contributed by atoms with van der Waals surface area (Å²) in [5, 5.41) is 0.0270. The van der Waals surface area contributed by atoms with Crippen molar-refractivity contribution in [1.29, 1.82) is 0 Å². The van der Waals surface area contributed by atoms with E-state index in [0.717, 1.165) is 12.1 Å². The summed E-state index contributed by atoms with van der Waals surface area (Å²) in [6.07, 6.45) is 0. The smallest absolute Gasteiger partial charge is 0.344 e. The van der Waals surface area contributed by atoms with Crippen molar-refractivity contribution in [2.75, 3.05) is 27.4 Å². The van der Waals surface area contributed by atoms with E-state index in [-0.39, 0.29) is 10.8 Å². The molecule has 0 N–H and O–H groups in total. The first kappa shape index (κ1) is 19.5. The monoisotopic (exact) mass is 382 g/mol. The zero-order valence-corrected chi connectivity index (χ0v) is 14.8. The molecule has 0 atom stereocenters. The summed E-state index contributed by atoms with van der Waals surface area (Å²) in [5.74, 6) is -0.704. The normalized spacial score (nSPS) is 10.2. The summed E-state index contributed by atoms with van der Waals surface area (Å²) >= 11 is 5.78. The average molecular weight is 383 g/mol. The molecule has 0 radical (unpaired) electrons. The molecule has 0 saturated carbocycles. The molecule has 0 spiro atoms. The van der Waals surface area contributed by atoms with Gasteiger partial charge < -0.3 is 18.9 Å². The molecule has 2 aromatic carbocycles. The number of hydrogen-bond acceptors (Lipinski definition) is 6. The van der Waals surface area contributed by atoms with E-state index in [1.165, 1.54) is 32.4 Å². The van der Waals surface area contributed by atoms with E-state index in [1.807, 2.05) is 0 Å². The minimum atomic E-state index is -0.765. The van der Waals surface area contributed by atoms with Crippen LogP contribution in [-0.4, -0.2) is 39.2 Å². The highest BCUT2D eigenvalue weighted by Crippen LogP contribution is 2.28. The highest BCUT2D eigenvalue weighted by Gasteiger charge is 2.14. The second kappa shape index (κ2) is 9.05. The number of methoxy groups -OCH3 is 2. The van der Waals surface area contributed by atoms with Crippen LogP contribution in [-0.2, 0) is 9.53 Å². The van der Waals surface area contributed by atoms with Crippen molar-refractivity contribution in [3.63, 3.8) is 0 Å². The maximum absolute atomic E-state index is 12.9. The molecule has 0 amide bonds. The number of ether oxygens (including phenoxy) is 4. The Hall–Kier alpha value is -2.80. The van der Waals surface area contributed by atoms with Gasteiger partial charge in [-0.25, -0.2) is 9.18 Å². The van der Waals surface area contributed by atoms with Gasteiger partial charge in [0.15, 0.2) is 30.5 Å². The SMILES string of the molecule is COc1ccc(C(=O)COC(=O)COc2ccc(F)cc2Cl)cc1OC. The van der Waals surface area contributed by atoms with Crippen LogP contribution >= 0.6 is 11.6 Å². The lowest BCUT2D eigenvalue weighted by molar-refractivity contribution is -0.144. The van der Waals surface area contributed by atoms with Gasteiger partial charge in [-0.15, -0.1) is 0 Å². The van der Waals surface area contributed by atoms with Crippen LogP contribution in [0, 0.1) is 5.82 Å². The number of benzene rings is 2. The Labute approximate surface area is 154 Å². The lowest BCUT2D eigenvalue weighted by Gasteiger charge is -2.10. The third-order valence-electron chi connectivity index (χ3n) is 3.31. The molecule has 0 aliphatic carbocycles. The quantitative estimate of drug-likeness (QED) is 0.515. The van der Waals surface area contributed by atoms with Gasteiger partial charge in [-0.1, -0.05) is 11.6 Å². The summed E-state index contributed by atoms with van der Waals surface area (Å²) in [7, 11) is 2.93. The fraction of sp³-hybridized carbons (Fsp3) is 0.222. The molecule has 0 bridgehead atoms. The van der Waals surface area contributed by atoms with Gasteiger partial charge in [-0.05, 0) is 36.4 Å². The van der Waals surface area contributed by atoms with Crippen LogP contribution in [0.15, 0.2) is 36.4 Å². The van der Waals surface area contributed by atoms with Crippen molar-refractivity contribution in [2.24, 2.45) is 0 Å². The summed E-state index contributed by atoms with van der Waals surface area (Å²) in [5.41, 5.74) is 0.304. The van der Waals surface area contributed by atoms with Gasteiger partial charge in [0.25, 0.3) is 0 Å². The number of carbonyl (C=O) groups excluding carboxylic acids is 2. The minimum Gasteiger partial charge on any atom is -0.493 e. The maximum Gasteiger partial charge on any atom is 0.344 e. The number of Topliss-reactive ketones (excluding diaryl/α,β-unsaturated/α-hetero) is 1. The van der Waals surface area contributed by atoms with Gasteiger partial charge in [0, 0.05) is 5.56 Å². The Bertz CT molecular complexity index is 808. The number of rotatable bonds is 8. The van der Waals surface area contributed by atoms with E-state index in [2.05, 4.69) is 0 Å². The molecular formula is C18H16ClFO6. The summed E-state index contributed by atoms with van der Waals surface area (Å²) < 4.78 is 33.1. The molecule has 0 heterocycles. The molecule has 2 rings (SSSR count). The van der Waals surface area contributed by atoms with Gasteiger partial charge in [0.1, 0.15) is 11.6 Å². The predicted molar refractivity (Wildman–Crippen MR) is 91.7 cm³/mol. The molecule has 138 valence electrons. The van der Waals surface area contributed by atoms with Gasteiger partial charge in [0.05, 0.1) is 19.2 Å². The highest BCUT2D eigenvalue weighted by atomic mass is 35.5. The Morgan fingerprint density at radius 2 is 1.65 bits per heavy atom. The molecule has 0 fully saturated rings. The van der Waals surface area contributed by atoms with Crippen molar-refractivity contribution in [2.45, 2.75) is 0 Å². The number of halogens is 2. The van der Waals surface area contributed by atoms with Crippen LogP contribution in [0.4, 0.5) is 4.39 Å². The van der Waals surface area contributed by atoms with Crippen LogP contribution in [0.3, 0.4) is 0 Å². The Balaban J connectivity index is 1.87. The Morgan fingerprint density at radius 1 is 0.962 bits per heavy atom. The Morgan fingerprint density at radius 3 is 2.31 bits per heavy atom. The van der Waals surface area contributed by atoms with Crippen molar-refractivity contribution in [3.8, 4) is 17.2 Å². The van der Waals surface area contributed by atoms with Crippen molar-refractivity contribution in [3.05, 3.63) is 52.8 Å². The molecule has 0 aliphatic rings. The number of ketones is 1. The first-order valence-electron chi connectivity index (χ1n) is 7.43. The van der Waals surface area contributed by atoms with Crippen LogP contribution in [0.1, 0.15) is 10.4 Å². The second-order valence-corrected chi connectivity index (χ2v) is 5.42. The van der Waals surface area contributed by atoms with Crippen molar-refractivity contribution >= 4 is 23.4 Å². The fourth-order valence-electron chi connectivity index (χ4n) is 2.01. The topological polar surface area (TPSA) is 71.1 Å². The molecular weight excluding hydrogens is 367 g/mol. The molecule has 0 saturated heterocycles. The highest BCUT2D eigenvalue weighted by molar-refractivity contribution is 6.32. The summed E-state index contributed by atoms with van der Waals surface area (Å²) in [6.45, 7) is -0.931. The van der Waals surface area contributed by atoms with Crippen LogP contribution in [0.25, 0.3) is 0 Å². The molecule has 0 aromatic heterocycles. The van der Waals surface area contributed by atoms with E-state index in [0.29, 0.717) is 17.1 Å². The van der Waals surface area contributed by atoms with Crippen molar-refractivity contribution in [1.82, 2.24) is 0 Å². The summed E-state index contributed by atoms with van der Waals surface area (Å²) in [4.78, 5) is 23.8. The van der Waals surface area contributed by atoms with E-state index in [9.17, 15) is 14.0 Å². The zero-order chi connectivity index (χ0) is 19.1. The molecule has 8 heteroatoms. The van der Waals surface area contributed by atoms with Crippen LogP contribution in [0.5, 0.6) is 17.2 Å². The predicted octanol–water partition coefficient (Wildman–Crippen LogP) is 3.30. The number of carbonyl (C=O) groups is 2. The van der Waals surface area contributed by atoms with Gasteiger partial charge in [0.2, 0.25) is 0 Å². The van der Waals surface area contributed by atoms with Gasteiger partial charge in [-0.2, -0.15) is 0 Å². The molecule has 0 unspecified atom stereocenters. The fourth-order valence-corrected chi connectivity index (χ4v) is 2.23. The summed E-state index contributed by atoms with van der Waals surface area (Å²) in [6, 6.07) is 8.10. The minimum absolute atomic E-state index is 0.0270. The molecule has 0 aliphatic heterocycles. The zero-order valence-electron chi connectivity index (χ0n) is 14.1. The van der Waals surface area contributed by atoms with Gasteiger partial charge in [-0.3, -0.25) is 4.79 Å². The lowest BCUT2D eigenvalue weighted by atomic mass is 10.1. The second-order valence-electron chi connectivity index (χ2n) is 5.02. The molecule has 6 nitrogen and oxygen atoms in total. The van der Waals surface area contributed by atoms with E-state index < -0.39 is 30.8 Å². The van der Waals surface area contributed by atoms with Gasteiger partial charge >= 0.3 is 5.97 Å². The first-order valence-corrected chi connectivity index (χ1v) is 7.81. The number of hydrogen-bond donors (Lipinski definition) is 0. The largest absolute Gasteiger partial charge is 0.493 e. The Kier molecular flexibility index (Phi) is 6.80. The van der Waals surface area contributed by atoms with E-state index in [1.54, 1.807) is 6.07 Å². The first-order chi connectivity index (χ1) is 12.4. The van der Waals surface area contributed by atoms with Crippen LogP contribution < -0.4 is 14.2 Å². The van der Waals surface area contributed by atoms with E-state index in [4.69, 9.17) is 30.5 Å². The number of esters is 1.